The molecule has 3 aromatic rings. The summed E-state index contributed by atoms with van der Waals surface area (Å²) in [6, 6.07) is 20.0. The second-order valence-corrected chi connectivity index (χ2v) is 5.92. The Morgan fingerprint density at radius 1 is 0.750 bits per heavy atom. The van der Waals surface area contributed by atoms with E-state index in [-0.39, 0.29) is 5.91 Å². The van der Waals surface area contributed by atoms with Crippen LogP contribution in [0.15, 0.2) is 66.7 Å². The third-order valence-corrected chi connectivity index (χ3v) is 4.18. The van der Waals surface area contributed by atoms with Gasteiger partial charge in [-0.1, -0.05) is 12.1 Å². The fraction of sp³-hybridized carbons (Fsp3) is 0.136. The summed E-state index contributed by atoms with van der Waals surface area (Å²) in [4.78, 5) is 12.5. The summed E-state index contributed by atoms with van der Waals surface area (Å²) in [6.07, 6.45) is 0. The SMILES string of the molecule is COc1ccc(OC)c(Nc2ccc(NC(=O)c3ccccc3OC)cc2)c1. The first-order chi connectivity index (χ1) is 13.6. The minimum Gasteiger partial charge on any atom is -0.497 e. The molecule has 144 valence electrons. The number of benzene rings is 3. The minimum atomic E-state index is -0.229. The molecule has 0 atom stereocenters. The summed E-state index contributed by atoms with van der Waals surface area (Å²) in [6.45, 7) is 0. The molecule has 0 unspecified atom stereocenters. The van der Waals surface area contributed by atoms with Crippen molar-refractivity contribution in [3.8, 4) is 17.2 Å². The van der Waals surface area contributed by atoms with Crippen molar-refractivity contribution in [1.82, 2.24) is 0 Å². The molecule has 0 radical (unpaired) electrons. The maximum Gasteiger partial charge on any atom is 0.259 e. The van der Waals surface area contributed by atoms with E-state index in [2.05, 4.69) is 10.6 Å². The van der Waals surface area contributed by atoms with Gasteiger partial charge in [-0.15, -0.1) is 0 Å². The number of nitrogens with one attached hydrogen (secondary N) is 2. The van der Waals surface area contributed by atoms with Gasteiger partial charge in [-0.05, 0) is 48.5 Å². The number of ether oxygens (including phenoxy) is 3. The van der Waals surface area contributed by atoms with E-state index in [0.29, 0.717) is 22.7 Å². The Labute approximate surface area is 164 Å². The van der Waals surface area contributed by atoms with Gasteiger partial charge in [0.1, 0.15) is 17.2 Å². The lowest BCUT2D eigenvalue weighted by atomic mass is 10.2. The number of amides is 1. The van der Waals surface area contributed by atoms with E-state index in [1.807, 2.05) is 48.5 Å². The second kappa shape index (κ2) is 8.81. The fourth-order valence-corrected chi connectivity index (χ4v) is 2.73. The normalized spacial score (nSPS) is 10.1. The number of carbonyl (C=O) groups excluding carboxylic acids is 1. The molecule has 3 rings (SSSR count). The van der Waals surface area contributed by atoms with Crippen molar-refractivity contribution in [2.45, 2.75) is 0 Å². The zero-order valence-electron chi connectivity index (χ0n) is 16.0. The molecule has 2 N–H and O–H groups in total. The molecule has 0 aromatic heterocycles. The first-order valence-electron chi connectivity index (χ1n) is 8.68. The highest BCUT2D eigenvalue weighted by molar-refractivity contribution is 6.06. The second-order valence-electron chi connectivity index (χ2n) is 5.92. The van der Waals surface area contributed by atoms with Gasteiger partial charge in [0.2, 0.25) is 0 Å². The van der Waals surface area contributed by atoms with Crippen molar-refractivity contribution in [3.63, 3.8) is 0 Å². The number of methoxy groups -OCH3 is 3. The Bertz CT molecular complexity index is 955. The molecule has 0 fully saturated rings. The number of anilines is 3. The first-order valence-corrected chi connectivity index (χ1v) is 8.68. The maximum atomic E-state index is 12.5. The molecule has 0 saturated heterocycles. The molecule has 6 heteroatoms. The Morgan fingerprint density at radius 3 is 2.11 bits per heavy atom. The molecule has 3 aromatic carbocycles. The Kier molecular flexibility index (Phi) is 6.01. The molecule has 0 bridgehead atoms. The monoisotopic (exact) mass is 378 g/mol. The van der Waals surface area contributed by atoms with Crippen LogP contribution in [0.4, 0.5) is 17.1 Å². The summed E-state index contributed by atoms with van der Waals surface area (Å²) < 4.78 is 15.9. The van der Waals surface area contributed by atoms with Crippen molar-refractivity contribution in [2.24, 2.45) is 0 Å². The highest BCUT2D eigenvalue weighted by Crippen LogP contribution is 2.32. The molecule has 0 aliphatic heterocycles. The van der Waals surface area contributed by atoms with Crippen LogP contribution in [0.25, 0.3) is 0 Å². The van der Waals surface area contributed by atoms with Gasteiger partial charge >= 0.3 is 0 Å². The van der Waals surface area contributed by atoms with E-state index < -0.39 is 0 Å². The number of carbonyl (C=O) groups is 1. The van der Waals surface area contributed by atoms with Gasteiger partial charge in [-0.2, -0.15) is 0 Å². The van der Waals surface area contributed by atoms with Crippen LogP contribution in [-0.2, 0) is 0 Å². The standard InChI is InChI=1S/C22H22N2O4/c1-26-17-12-13-21(28-3)19(14-17)23-15-8-10-16(11-9-15)24-22(25)18-6-4-5-7-20(18)27-2/h4-14,23H,1-3H3,(H,24,25). The molecule has 0 aliphatic rings. The summed E-state index contributed by atoms with van der Waals surface area (Å²) in [5.74, 6) is 1.73. The molecule has 6 nitrogen and oxygen atoms in total. The Hall–Kier alpha value is -3.67. The van der Waals surface area contributed by atoms with E-state index in [9.17, 15) is 4.79 Å². The Morgan fingerprint density at radius 2 is 1.43 bits per heavy atom. The lowest BCUT2D eigenvalue weighted by molar-refractivity contribution is 0.102. The third kappa shape index (κ3) is 4.35. The van der Waals surface area contributed by atoms with E-state index in [1.54, 1.807) is 39.5 Å². The molecule has 28 heavy (non-hydrogen) atoms. The summed E-state index contributed by atoms with van der Waals surface area (Å²) in [5, 5.41) is 6.16. The van der Waals surface area contributed by atoms with Crippen LogP contribution in [0.2, 0.25) is 0 Å². The highest BCUT2D eigenvalue weighted by Gasteiger charge is 2.12. The van der Waals surface area contributed by atoms with E-state index in [1.165, 1.54) is 0 Å². The van der Waals surface area contributed by atoms with E-state index in [0.717, 1.165) is 17.1 Å². The summed E-state index contributed by atoms with van der Waals surface area (Å²) in [5.41, 5.74) is 2.79. The number of rotatable bonds is 7. The molecular formula is C22H22N2O4. The van der Waals surface area contributed by atoms with Crippen molar-refractivity contribution in [1.29, 1.82) is 0 Å². The van der Waals surface area contributed by atoms with Crippen molar-refractivity contribution in [2.75, 3.05) is 32.0 Å². The minimum absolute atomic E-state index is 0.229. The quantitative estimate of drug-likeness (QED) is 0.623. The van der Waals surface area contributed by atoms with Gasteiger partial charge in [0.15, 0.2) is 0 Å². The molecule has 1 amide bonds. The van der Waals surface area contributed by atoms with Crippen molar-refractivity contribution >= 4 is 23.0 Å². The van der Waals surface area contributed by atoms with Gasteiger partial charge in [-0.3, -0.25) is 4.79 Å². The maximum absolute atomic E-state index is 12.5. The van der Waals surface area contributed by atoms with Gasteiger partial charge in [0, 0.05) is 17.4 Å². The average molecular weight is 378 g/mol. The van der Waals surface area contributed by atoms with E-state index in [4.69, 9.17) is 14.2 Å². The predicted molar refractivity (Wildman–Crippen MR) is 110 cm³/mol. The molecule has 0 heterocycles. The average Bonchev–Trinajstić information content (AvgIpc) is 2.75. The van der Waals surface area contributed by atoms with Crippen LogP contribution in [0.5, 0.6) is 17.2 Å². The van der Waals surface area contributed by atoms with Crippen LogP contribution < -0.4 is 24.8 Å². The summed E-state index contributed by atoms with van der Waals surface area (Å²) >= 11 is 0. The highest BCUT2D eigenvalue weighted by atomic mass is 16.5. The number of para-hydroxylation sites is 1. The Balaban J connectivity index is 1.73. The molecule has 0 saturated carbocycles. The van der Waals surface area contributed by atoms with Crippen LogP contribution in [0.1, 0.15) is 10.4 Å². The topological polar surface area (TPSA) is 68.8 Å². The fourth-order valence-electron chi connectivity index (χ4n) is 2.73. The summed E-state index contributed by atoms with van der Waals surface area (Å²) in [7, 11) is 4.77. The van der Waals surface area contributed by atoms with Gasteiger partial charge < -0.3 is 24.8 Å². The van der Waals surface area contributed by atoms with Crippen LogP contribution in [0.3, 0.4) is 0 Å². The van der Waals surface area contributed by atoms with E-state index >= 15 is 0 Å². The molecular weight excluding hydrogens is 356 g/mol. The molecule has 0 spiro atoms. The van der Waals surface area contributed by atoms with Crippen LogP contribution >= 0.6 is 0 Å². The van der Waals surface area contributed by atoms with Crippen LogP contribution in [-0.4, -0.2) is 27.2 Å². The zero-order chi connectivity index (χ0) is 19.9. The molecule has 0 aliphatic carbocycles. The number of hydrogen-bond donors (Lipinski definition) is 2. The third-order valence-electron chi connectivity index (χ3n) is 4.18. The van der Waals surface area contributed by atoms with Crippen LogP contribution in [0, 0.1) is 0 Å². The van der Waals surface area contributed by atoms with Gasteiger partial charge in [0.25, 0.3) is 5.91 Å². The smallest absolute Gasteiger partial charge is 0.259 e. The first kappa shape index (κ1) is 19.1. The van der Waals surface area contributed by atoms with Gasteiger partial charge in [0.05, 0.1) is 32.6 Å². The zero-order valence-corrected chi connectivity index (χ0v) is 16.0. The predicted octanol–water partition coefficient (Wildman–Crippen LogP) is 4.71. The lowest BCUT2D eigenvalue weighted by Gasteiger charge is -2.13. The lowest BCUT2D eigenvalue weighted by Crippen LogP contribution is -2.13. The number of hydrogen-bond acceptors (Lipinski definition) is 5. The largest absolute Gasteiger partial charge is 0.497 e. The van der Waals surface area contributed by atoms with Gasteiger partial charge in [-0.25, -0.2) is 0 Å². The van der Waals surface area contributed by atoms with Crippen molar-refractivity contribution < 1.29 is 19.0 Å². The van der Waals surface area contributed by atoms with Crippen molar-refractivity contribution in [3.05, 3.63) is 72.3 Å².